The fraction of sp³-hybridized carbons (Fsp3) is 0.636. The van der Waals surface area contributed by atoms with Crippen LogP contribution in [0.3, 0.4) is 0 Å². The highest BCUT2D eigenvalue weighted by molar-refractivity contribution is 7.59. The standard InChI is InChI=1S/C21H29NO3.CH4.2H2S/c1-15(2)13-18(25-14-16-7-4-3-5-8-16)20(24)22-21-12-6-9-17(21)10-11-19(21)23;;;/h3-5,7-8,15,17-18H,6,9-14H2,1-2H3,(H,22,24);1H4;2*1H2/t17-,18-,21+;;;/m0.../s1. The van der Waals surface area contributed by atoms with E-state index in [9.17, 15) is 9.59 Å². The molecule has 1 amide bonds. The largest absolute Gasteiger partial charge is 0.364 e. The van der Waals surface area contributed by atoms with Crippen LogP contribution < -0.4 is 5.32 Å². The molecule has 3 rings (SSSR count). The molecule has 28 heavy (non-hydrogen) atoms. The maximum atomic E-state index is 13.0. The Morgan fingerprint density at radius 1 is 1.21 bits per heavy atom. The minimum Gasteiger partial charge on any atom is -0.364 e. The van der Waals surface area contributed by atoms with E-state index in [-0.39, 0.29) is 46.1 Å². The molecule has 0 bridgehead atoms. The van der Waals surface area contributed by atoms with E-state index >= 15 is 0 Å². The highest BCUT2D eigenvalue weighted by atomic mass is 32.1. The van der Waals surface area contributed by atoms with Crippen LogP contribution in [0.15, 0.2) is 30.3 Å². The third-order valence-corrected chi connectivity index (χ3v) is 5.66. The van der Waals surface area contributed by atoms with Gasteiger partial charge in [0.25, 0.3) is 0 Å². The molecule has 2 fully saturated rings. The van der Waals surface area contributed by atoms with Gasteiger partial charge in [0, 0.05) is 6.42 Å². The van der Waals surface area contributed by atoms with Crippen LogP contribution >= 0.6 is 27.0 Å². The van der Waals surface area contributed by atoms with Gasteiger partial charge in [-0.3, -0.25) is 9.59 Å². The number of hydrogen-bond donors (Lipinski definition) is 1. The number of rotatable bonds is 7. The van der Waals surface area contributed by atoms with Gasteiger partial charge in [0.2, 0.25) is 5.91 Å². The summed E-state index contributed by atoms with van der Waals surface area (Å²) in [6.07, 6.45) is 4.53. The molecule has 0 saturated heterocycles. The summed E-state index contributed by atoms with van der Waals surface area (Å²) in [5.41, 5.74) is 0.445. The number of Topliss-reactive ketones (excluding diaryl/α,β-unsaturated/α-hetero) is 1. The average Bonchev–Trinajstić information content (AvgIpc) is 3.12. The van der Waals surface area contributed by atoms with Crippen LogP contribution in [0.2, 0.25) is 0 Å². The van der Waals surface area contributed by atoms with E-state index in [1.807, 2.05) is 30.3 Å². The second kappa shape index (κ2) is 11.9. The Morgan fingerprint density at radius 3 is 2.54 bits per heavy atom. The minimum atomic E-state index is -0.609. The summed E-state index contributed by atoms with van der Waals surface area (Å²) in [5, 5.41) is 3.13. The van der Waals surface area contributed by atoms with Gasteiger partial charge in [0.05, 0.1) is 6.61 Å². The SMILES string of the molecule is C.CC(C)C[C@H](OCc1ccccc1)C(=O)N[C@]12CCC[C@H]1CCC2=O.S.S. The Balaban J connectivity index is 0.00000243. The van der Waals surface area contributed by atoms with Crippen LogP contribution in [-0.4, -0.2) is 23.3 Å². The van der Waals surface area contributed by atoms with Crippen molar-refractivity contribution in [1.29, 1.82) is 0 Å². The molecule has 160 valence electrons. The number of nitrogens with one attached hydrogen (secondary N) is 1. The highest BCUT2D eigenvalue weighted by Gasteiger charge is 2.53. The number of fused-ring (bicyclic) bond motifs is 1. The van der Waals surface area contributed by atoms with E-state index in [1.165, 1.54) is 0 Å². The van der Waals surface area contributed by atoms with Gasteiger partial charge in [-0.1, -0.05) is 58.0 Å². The normalized spacial score (nSPS) is 23.8. The van der Waals surface area contributed by atoms with Crippen molar-refractivity contribution in [3.63, 3.8) is 0 Å². The summed E-state index contributed by atoms with van der Waals surface area (Å²) in [7, 11) is 0. The number of carbonyl (C=O) groups is 2. The fourth-order valence-electron chi connectivity index (χ4n) is 4.35. The Kier molecular flexibility index (Phi) is 11.5. The van der Waals surface area contributed by atoms with Crippen LogP contribution in [0.25, 0.3) is 0 Å². The van der Waals surface area contributed by atoms with E-state index < -0.39 is 11.6 Å². The van der Waals surface area contributed by atoms with Crippen molar-refractivity contribution in [2.75, 3.05) is 0 Å². The number of benzene rings is 1. The van der Waals surface area contributed by atoms with Crippen molar-refractivity contribution < 1.29 is 14.3 Å². The van der Waals surface area contributed by atoms with Gasteiger partial charge in [-0.15, -0.1) is 0 Å². The molecule has 0 aromatic heterocycles. The number of ketones is 1. The quantitative estimate of drug-likeness (QED) is 0.697. The summed E-state index contributed by atoms with van der Waals surface area (Å²) in [6, 6.07) is 9.89. The molecule has 0 unspecified atom stereocenters. The van der Waals surface area contributed by atoms with Gasteiger partial charge in [-0.25, -0.2) is 0 Å². The summed E-state index contributed by atoms with van der Waals surface area (Å²) in [5.74, 6) is 0.766. The van der Waals surface area contributed by atoms with Crippen molar-refractivity contribution in [3.05, 3.63) is 35.9 Å². The first-order chi connectivity index (χ1) is 12.0. The lowest BCUT2D eigenvalue weighted by atomic mass is 9.89. The Hall–Kier alpha value is -0.980. The third kappa shape index (κ3) is 6.01. The van der Waals surface area contributed by atoms with Gasteiger partial charge in [-0.2, -0.15) is 27.0 Å². The molecule has 3 atom stereocenters. The molecule has 1 aromatic rings. The van der Waals surface area contributed by atoms with Gasteiger partial charge >= 0.3 is 0 Å². The molecule has 0 radical (unpaired) electrons. The van der Waals surface area contributed by atoms with Crippen LogP contribution in [0, 0.1) is 11.8 Å². The summed E-state index contributed by atoms with van der Waals surface area (Å²) >= 11 is 0. The molecule has 0 aliphatic heterocycles. The minimum absolute atomic E-state index is 0. The molecule has 2 aliphatic carbocycles. The Bertz CT molecular complexity index is 623. The third-order valence-electron chi connectivity index (χ3n) is 5.66. The summed E-state index contributed by atoms with van der Waals surface area (Å²) in [6.45, 7) is 4.59. The van der Waals surface area contributed by atoms with Gasteiger partial charge < -0.3 is 10.1 Å². The lowest BCUT2D eigenvalue weighted by molar-refractivity contribution is -0.140. The zero-order valence-electron chi connectivity index (χ0n) is 16.3. The number of hydrogen-bond acceptors (Lipinski definition) is 3. The second-order valence-electron chi connectivity index (χ2n) is 7.93. The van der Waals surface area contributed by atoms with E-state index in [0.717, 1.165) is 31.2 Å². The van der Waals surface area contributed by atoms with Gasteiger partial charge in [0.1, 0.15) is 11.6 Å². The summed E-state index contributed by atoms with van der Waals surface area (Å²) < 4.78 is 5.97. The Morgan fingerprint density at radius 2 is 1.89 bits per heavy atom. The molecule has 4 nitrogen and oxygen atoms in total. The van der Waals surface area contributed by atoms with Crippen molar-refractivity contribution in [3.8, 4) is 0 Å². The van der Waals surface area contributed by atoms with Crippen LogP contribution in [-0.2, 0) is 20.9 Å². The van der Waals surface area contributed by atoms with Gasteiger partial charge in [0.15, 0.2) is 5.78 Å². The van der Waals surface area contributed by atoms with Crippen LogP contribution in [0.5, 0.6) is 0 Å². The molecule has 0 heterocycles. The Labute approximate surface area is 184 Å². The predicted molar refractivity (Wildman–Crippen MR) is 124 cm³/mol. The van der Waals surface area contributed by atoms with Crippen molar-refractivity contribution in [2.24, 2.45) is 11.8 Å². The topological polar surface area (TPSA) is 55.4 Å². The lowest BCUT2D eigenvalue weighted by Crippen LogP contribution is -2.56. The lowest BCUT2D eigenvalue weighted by Gasteiger charge is -2.31. The smallest absolute Gasteiger partial charge is 0.249 e. The van der Waals surface area contributed by atoms with E-state index in [2.05, 4.69) is 19.2 Å². The second-order valence-corrected chi connectivity index (χ2v) is 7.93. The average molecular weight is 428 g/mol. The van der Waals surface area contributed by atoms with E-state index in [4.69, 9.17) is 4.74 Å². The first kappa shape index (κ1) is 27.0. The molecular formula is C22H37NO3S2. The predicted octanol–water partition coefficient (Wildman–Crippen LogP) is 4.50. The molecule has 1 N–H and O–H groups in total. The van der Waals surface area contributed by atoms with Crippen molar-refractivity contribution in [1.82, 2.24) is 5.32 Å². The van der Waals surface area contributed by atoms with Crippen LogP contribution in [0.4, 0.5) is 0 Å². The zero-order valence-corrected chi connectivity index (χ0v) is 18.3. The number of carbonyl (C=O) groups excluding carboxylic acids is 2. The maximum absolute atomic E-state index is 13.0. The number of amides is 1. The molecule has 2 saturated carbocycles. The van der Waals surface area contributed by atoms with E-state index in [1.54, 1.807) is 0 Å². The maximum Gasteiger partial charge on any atom is 0.249 e. The zero-order chi connectivity index (χ0) is 17.9. The molecule has 1 aromatic carbocycles. The molecule has 0 spiro atoms. The number of ether oxygens (including phenoxy) is 1. The monoisotopic (exact) mass is 427 g/mol. The molecule has 2 aliphatic rings. The summed E-state index contributed by atoms with van der Waals surface area (Å²) in [4.78, 5) is 25.4. The van der Waals surface area contributed by atoms with E-state index in [0.29, 0.717) is 31.3 Å². The fourth-order valence-corrected chi connectivity index (χ4v) is 4.35. The first-order valence-corrected chi connectivity index (χ1v) is 9.52. The molecular weight excluding hydrogens is 390 g/mol. The first-order valence-electron chi connectivity index (χ1n) is 9.52. The van der Waals surface area contributed by atoms with Crippen LogP contribution in [0.1, 0.15) is 65.4 Å². The van der Waals surface area contributed by atoms with Crippen molar-refractivity contribution >= 4 is 38.7 Å². The highest BCUT2D eigenvalue weighted by Crippen LogP contribution is 2.45. The van der Waals surface area contributed by atoms with Gasteiger partial charge in [-0.05, 0) is 43.1 Å². The molecule has 6 heteroatoms. The van der Waals surface area contributed by atoms with Crippen molar-refractivity contribution in [2.45, 2.75) is 78.0 Å².